The topological polar surface area (TPSA) is 65.2 Å². The van der Waals surface area contributed by atoms with Crippen LogP contribution >= 0.6 is 11.6 Å². The Hall–Kier alpha value is -2.80. The van der Waals surface area contributed by atoms with Gasteiger partial charge in [0.25, 0.3) is 5.91 Å². The molecule has 0 unspecified atom stereocenters. The number of amides is 1. The number of aromatic nitrogens is 4. The minimum Gasteiger partial charge on any atom is -0.471 e. The Bertz CT molecular complexity index is 898. The predicted octanol–water partition coefficient (Wildman–Crippen LogP) is 2.89. The molecule has 26 heavy (non-hydrogen) atoms. The van der Waals surface area contributed by atoms with Crippen molar-refractivity contribution in [2.45, 2.75) is 20.2 Å². The zero-order valence-corrected chi connectivity index (χ0v) is 15.6. The van der Waals surface area contributed by atoms with Crippen LogP contribution in [0.3, 0.4) is 0 Å². The van der Waals surface area contributed by atoms with E-state index in [4.69, 9.17) is 16.3 Å². The number of para-hydroxylation sites is 1. The lowest BCUT2D eigenvalue weighted by atomic mass is 10.2. The van der Waals surface area contributed by atoms with Gasteiger partial charge >= 0.3 is 0 Å². The first-order valence-electron chi connectivity index (χ1n) is 8.09. The van der Waals surface area contributed by atoms with Crippen LogP contribution in [0.25, 0.3) is 0 Å². The minimum atomic E-state index is -0.197. The molecule has 3 rings (SSSR count). The van der Waals surface area contributed by atoms with Crippen LogP contribution in [0, 0.1) is 6.92 Å². The van der Waals surface area contributed by atoms with Crippen molar-refractivity contribution in [2.24, 2.45) is 7.05 Å². The van der Waals surface area contributed by atoms with E-state index in [9.17, 15) is 4.79 Å². The average molecular weight is 374 g/mol. The summed E-state index contributed by atoms with van der Waals surface area (Å²) in [6.45, 7) is 2.56. The molecule has 3 aromatic rings. The maximum atomic E-state index is 12.6. The third-order valence-electron chi connectivity index (χ3n) is 4.05. The van der Waals surface area contributed by atoms with Crippen LogP contribution in [-0.2, 0) is 20.3 Å². The van der Waals surface area contributed by atoms with Crippen molar-refractivity contribution in [3.8, 4) is 5.75 Å². The van der Waals surface area contributed by atoms with Crippen LogP contribution in [0.15, 0.2) is 42.7 Å². The number of rotatable bonds is 6. The van der Waals surface area contributed by atoms with E-state index in [2.05, 4.69) is 10.2 Å². The molecule has 2 aromatic heterocycles. The summed E-state index contributed by atoms with van der Waals surface area (Å²) in [5, 5.41) is 8.90. The number of hydrogen-bond donors (Lipinski definition) is 0. The zero-order chi connectivity index (χ0) is 18.7. The SMILES string of the molecule is Cc1ccccc1OCn1ccc(C(=O)N(C)Cc2c(Cl)cnn2C)n1. The Morgan fingerprint density at radius 1 is 1.31 bits per heavy atom. The Kier molecular flexibility index (Phi) is 5.27. The summed E-state index contributed by atoms with van der Waals surface area (Å²) in [5.74, 6) is 0.593. The molecule has 0 fully saturated rings. The van der Waals surface area contributed by atoms with Gasteiger partial charge in [-0.2, -0.15) is 10.2 Å². The van der Waals surface area contributed by atoms with Crippen LogP contribution in [0.4, 0.5) is 0 Å². The molecule has 0 bridgehead atoms. The molecule has 8 heteroatoms. The lowest BCUT2D eigenvalue weighted by Crippen LogP contribution is -2.28. The average Bonchev–Trinajstić information content (AvgIpc) is 3.22. The lowest BCUT2D eigenvalue weighted by Gasteiger charge is -2.16. The quantitative estimate of drug-likeness (QED) is 0.666. The van der Waals surface area contributed by atoms with Gasteiger partial charge in [0.2, 0.25) is 0 Å². The zero-order valence-electron chi connectivity index (χ0n) is 14.9. The van der Waals surface area contributed by atoms with Gasteiger partial charge in [-0.1, -0.05) is 29.8 Å². The van der Waals surface area contributed by atoms with E-state index in [0.717, 1.165) is 17.0 Å². The predicted molar refractivity (Wildman–Crippen MR) is 98.0 cm³/mol. The molecule has 136 valence electrons. The van der Waals surface area contributed by atoms with Crippen LogP contribution < -0.4 is 4.74 Å². The summed E-state index contributed by atoms with van der Waals surface area (Å²) >= 11 is 6.10. The van der Waals surface area contributed by atoms with Crippen molar-refractivity contribution in [3.05, 3.63) is 64.7 Å². The molecule has 0 spiro atoms. The third-order valence-corrected chi connectivity index (χ3v) is 4.37. The number of halogens is 1. The summed E-state index contributed by atoms with van der Waals surface area (Å²) < 4.78 is 8.98. The molecule has 0 aliphatic heterocycles. The van der Waals surface area contributed by atoms with Crippen LogP contribution in [0.5, 0.6) is 5.75 Å². The van der Waals surface area contributed by atoms with Gasteiger partial charge < -0.3 is 9.64 Å². The fourth-order valence-electron chi connectivity index (χ4n) is 2.51. The summed E-state index contributed by atoms with van der Waals surface area (Å²) in [6.07, 6.45) is 3.28. The van der Waals surface area contributed by atoms with Gasteiger partial charge in [0.15, 0.2) is 12.4 Å². The molecule has 0 N–H and O–H groups in total. The number of aryl methyl sites for hydroxylation is 2. The van der Waals surface area contributed by atoms with E-state index in [-0.39, 0.29) is 12.6 Å². The van der Waals surface area contributed by atoms with E-state index in [1.54, 1.807) is 46.8 Å². The lowest BCUT2D eigenvalue weighted by molar-refractivity contribution is 0.0774. The molecule has 0 aliphatic rings. The van der Waals surface area contributed by atoms with E-state index in [1.807, 2.05) is 31.2 Å². The normalized spacial score (nSPS) is 10.8. The summed E-state index contributed by atoms with van der Waals surface area (Å²) in [4.78, 5) is 14.1. The molecule has 1 aromatic carbocycles. The molecule has 0 atom stereocenters. The number of nitrogens with zero attached hydrogens (tertiary/aromatic N) is 5. The van der Waals surface area contributed by atoms with Crippen molar-refractivity contribution in [1.29, 1.82) is 0 Å². The van der Waals surface area contributed by atoms with Gasteiger partial charge in [0.1, 0.15) is 5.75 Å². The van der Waals surface area contributed by atoms with Gasteiger partial charge in [0, 0.05) is 20.3 Å². The maximum absolute atomic E-state index is 12.6. The number of hydrogen-bond acceptors (Lipinski definition) is 4. The molecule has 0 radical (unpaired) electrons. The monoisotopic (exact) mass is 373 g/mol. The van der Waals surface area contributed by atoms with E-state index >= 15 is 0 Å². The number of carbonyl (C=O) groups is 1. The smallest absolute Gasteiger partial charge is 0.274 e. The first-order chi connectivity index (χ1) is 12.5. The van der Waals surface area contributed by atoms with Crippen molar-refractivity contribution in [2.75, 3.05) is 7.05 Å². The highest BCUT2D eigenvalue weighted by Gasteiger charge is 2.18. The van der Waals surface area contributed by atoms with Gasteiger partial charge in [0.05, 0.1) is 23.5 Å². The second-order valence-corrected chi connectivity index (χ2v) is 6.41. The molecule has 7 nitrogen and oxygen atoms in total. The molecule has 0 aliphatic carbocycles. The molecule has 0 saturated carbocycles. The highest BCUT2D eigenvalue weighted by atomic mass is 35.5. The van der Waals surface area contributed by atoms with Gasteiger partial charge in [-0.3, -0.25) is 9.48 Å². The first kappa shape index (κ1) is 18.0. The van der Waals surface area contributed by atoms with Crippen LogP contribution in [0.2, 0.25) is 5.02 Å². The number of carbonyl (C=O) groups excluding carboxylic acids is 1. The largest absolute Gasteiger partial charge is 0.471 e. The maximum Gasteiger partial charge on any atom is 0.274 e. The standard InChI is InChI=1S/C18H20ClN5O2/c1-13-6-4-5-7-17(13)26-12-24-9-8-15(21-24)18(25)22(2)11-16-14(19)10-20-23(16)3/h4-10H,11-12H2,1-3H3. The Balaban J connectivity index is 1.63. The second kappa shape index (κ2) is 7.61. The first-order valence-corrected chi connectivity index (χ1v) is 8.47. The summed E-state index contributed by atoms with van der Waals surface area (Å²) in [7, 11) is 3.49. The fraction of sp³-hybridized carbons (Fsp3) is 0.278. The van der Waals surface area contributed by atoms with E-state index in [0.29, 0.717) is 17.3 Å². The summed E-state index contributed by atoms with van der Waals surface area (Å²) in [6, 6.07) is 9.42. The van der Waals surface area contributed by atoms with E-state index < -0.39 is 0 Å². The summed E-state index contributed by atoms with van der Waals surface area (Å²) in [5.41, 5.74) is 2.16. The Morgan fingerprint density at radius 3 is 2.77 bits per heavy atom. The molecular weight excluding hydrogens is 354 g/mol. The Labute approximate surface area is 156 Å². The van der Waals surface area contributed by atoms with Crippen molar-refractivity contribution in [1.82, 2.24) is 24.5 Å². The Morgan fingerprint density at radius 2 is 2.08 bits per heavy atom. The molecule has 1 amide bonds. The molecular formula is C18H20ClN5O2. The van der Waals surface area contributed by atoms with Gasteiger partial charge in [-0.15, -0.1) is 0 Å². The fourth-order valence-corrected chi connectivity index (χ4v) is 2.73. The number of ether oxygens (including phenoxy) is 1. The third kappa shape index (κ3) is 3.88. The van der Waals surface area contributed by atoms with E-state index in [1.165, 1.54) is 0 Å². The highest BCUT2D eigenvalue weighted by Crippen LogP contribution is 2.18. The van der Waals surface area contributed by atoms with Gasteiger partial charge in [-0.05, 0) is 24.6 Å². The molecule has 2 heterocycles. The van der Waals surface area contributed by atoms with Crippen molar-refractivity contribution < 1.29 is 9.53 Å². The van der Waals surface area contributed by atoms with Crippen molar-refractivity contribution >= 4 is 17.5 Å². The van der Waals surface area contributed by atoms with Crippen LogP contribution in [-0.4, -0.2) is 37.4 Å². The number of benzene rings is 1. The highest BCUT2D eigenvalue weighted by molar-refractivity contribution is 6.31. The van der Waals surface area contributed by atoms with Gasteiger partial charge in [-0.25, -0.2) is 4.68 Å². The van der Waals surface area contributed by atoms with Crippen molar-refractivity contribution in [3.63, 3.8) is 0 Å². The van der Waals surface area contributed by atoms with Crippen LogP contribution in [0.1, 0.15) is 21.7 Å². The second-order valence-electron chi connectivity index (χ2n) is 6.00. The minimum absolute atomic E-state index is 0.197. The molecule has 0 saturated heterocycles.